The van der Waals surface area contributed by atoms with Gasteiger partial charge in [0, 0.05) is 46.7 Å². The molecule has 23 heavy (non-hydrogen) atoms. The summed E-state index contributed by atoms with van der Waals surface area (Å²) in [7, 11) is 3.28. The van der Waals surface area contributed by atoms with E-state index in [4.69, 9.17) is 4.74 Å². The molecule has 1 aromatic carbocycles. The van der Waals surface area contributed by atoms with Gasteiger partial charge in [0.1, 0.15) is 5.75 Å². The summed E-state index contributed by atoms with van der Waals surface area (Å²) in [6.45, 7) is 4.85. The third-order valence-corrected chi connectivity index (χ3v) is 4.23. The first-order valence-corrected chi connectivity index (χ1v) is 7.86. The molecular formula is C17H25N3O3. The lowest BCUT2D eigenvalue weighted by Crippen LogP contribution is -2.40. The lowest BCUT2D eigenvalue weighted by atomic mass is 10.1. The Hall–Kier alpha value is -2.08. The van der Waals surface area contributed by atoms with Crippen molar-refractivity contribution in [1.29, 1.82) is 0 Å². The van der Waals surface area contributed by atoms with Crippen LogP contribution in [0.3, 0.4) is 0 Å². The Morgan fingerprint density at radius 2 is 1.91 bits per heavy atom. The summed E-state index contributed by atoms with van der Waals surface area (Å²) in [5.41, 5.74) is 1.16. The molecule has 6 nitrogen and oxygen atoms in total. The van der Waals surface area contributed by atoms with E-state index in [9.17, 15) is 9.59 Å². The Labute approximate surface area is 137 Å². The van der Waals surface area contributed by atoms with Gasteiger partial charge in [-0.15, -0.1) is 0 Å². The second-order valence-corrected chi connectivity index (χ2v) is 5.86. The van der Waals surface area contributed by atoms with E-state index in [1.54, 1.807) is 26.0 Å². The monoisotopic (exact) mass is 319 g/mol. The summed E-state index contributed by atoms with van der Waals surface area (Å²) in [4.78, 5) is 27.8. The molecule has 126 valence electrons. The molecule has 1 aromatic rings. The molecule has 2 rings (SSSR count). The fourth-order valence-corrected chi connectivity index (χ4v) is 2.87. The van der Waals surface area contributed by atoms with Gasteiger partial charge in [-0.3, -0.25) is 14.5 Å². The highest BCUT2D eigenvalue weighted by Crippen LogP contribution is 2.16. The number of hydrogen-bond donors (Lipinski definition) is 1. The number of carbonyl (C=O) groups excluding carboxylic acids is 2. The SMILES string of the molecule is CNC(=O)[C@H]1CN(Cc2ccc(OC)cc2)CCN(C(C)=O)C1. The van der Waals surface area contributed by atoms with Crippen molar-refractivity contribution >= 4 is 11.8 Å². The van der Waals surface area contributed by atoms with Crippen molar-refractivity contribution in [2.45, 2.75) is 13.5 Å². The largest absolute Gasteiger partial charge is 0.497 e. The number of carbonyl (C=O) groups is 2. The average Bonchev–Trinajstić information content (AvgIpc) is 2.77. The first kappa shape index (κ1) is 17.3. The average molecular weight is 319 g/mol. The van der Waals surface area contributed by atoms with Gasteiger partial charge in [-0.05, 0) is 17.7 Å². The molecule has 1 atom stereocenters. The van der Waals surface area contributed by atoms with Gasteiger partial charge in [0.25, 0.3) is 0 Å². The van der Waals surface area contributed by atoms with E-state index >= 15 is 0 Å². The lowest BCUT2D eigenvalue weighted by Gasteiger charge is -2.23. The van der Waals surface area contributed by atoms with Crippen molar-refractivity contribution in [2.75, 3.05) is 40.3 Å². The predicted molar refractivity (Wildman–Crippen MR) is 88.1 cm³/mol. The van der Waals surface area contributed by atoms with Crippen LogP contribution in [-0.2, 0) is 16.1 Å². The molecule has 6 heteroatoms. The normalized spacial score (nSPS) is 19.1. The van der Waals surface area contributed by atoms with Crippen LogP contribution in [0.15, 0.2) is 24.3 Å². The van der Waals surface area contributed by atoms with Gasteiger partial charge in [-0.25, -0.2) is 0 Å². The minimum Gasteiger partial charge on any atom is -0.497 e. The van der Waals surface area contributed by atoms with Gasteiger partial charge in [0.15, 0.2) is 0 Å². The van der Waals surface area contributed by atoms with Gasteiger partial charge in [0.05, 0.1) is 13.0 Å². The van der Waals surface area contributed by atoms with Gasteiger partial charge < -0.3 is 15.0 Å². The molecule has 1 aliphatic rings. The second-order valence-electron chi connectivity index (χ2n) is 5.86. The fourth-order valence-electron chi connectivity index (χ4n) is 2.87. The summed E-state index contributed by atoms with van der Waals surface area (Å²) in [6, 6.07) is 7.93. The minimum atomic E-state index is -0.204. The van der Waals surface area contributed by atoms with Gasteiger partial charge in [-0.2, -0.15) is 0 Å². The van der Waals surface area contributed by atoms with Crippen LogP contribution in [0, 0.1) is 5.92 Å². The van der Waals surface area contributed by atoms with Crippen molar-refractivity contribution in [3.8, 4) is 5.75 Å². The van der Waals surface area contributed by atoms with Crippen molar-refractivity contribution in [1.82, 2.24) is 15.1 Å². The molecule has 0 saturated carbocycles. The Morgan fingerprint density at radius 3 is 2.48 bits per heavy atom. The molecular weight excluding hydrogens is 294 g/mol. The Bertz CT molecular complexity index is 545. The molecule has 1 aliphatic heterocycles. The first-order chi connectivity index (χ1) is 11.0. The van der Waals surface area contributed by atoms with E-state index in [-0.39, 0.29) is 17.7 Å². The van der Waals surface area contributed by atoms with Crippen LogP contribution in [0.2, 0.25) is 0 Å². The topological polar surface area (TPSA) is 61.9 Å². The summed E-state index contributed by atoms with van der Waals surface area (Å²) >= 11 is 0. The van der Waals surface area contributed by atoms with Crippen LogP contribution in [0.25, 0.3) is 0 Å². The Kier molecular flexibility index (Phi) is 5.98. The number of methoxy groups -OCH3 is 1. The summed E-state index contributed by atoms with van der Waals surface area (Å²) < 4.78 is 5.17. The smallest absolute Gasteiger partial charge is 0.225 e. The fraction of sp³-hybridized carbons (Fsp3) is 0.529. The molecule has 1 fully saturated rings. The molecule has 1 N–H and O–H groups in total. The van der Waals surface area contributed by atoms with Crippen LogP contribution >= 0.6 is 0 Å². The van der Waals surface area contributed by atoms with Crippen molar-refractivity contribution < 1.29 is 14.3 Å². The maximum atomic E-state index is 12.1. The molecule has 0 aromatic heterocycles. The number of amides is 2. The zero-order valence-corrected chi connectivity index (χ0v) is 14.0. The van der Waals surface area contributed by atoms with E-state index in [2.05, 4.69) is 10.2 Å². The van der Waals surface area contributed by atoms with Crippen LogP contribution in [0.4, 0.5) is 0 Å². The molecule has 0 unspecified atom stereocenters. The van der Waals surface area contributed by atoms with Crippen LogP contribution in [0.1, 0.15) is 12.5 Å². The molecule has 1 saturated heterocycles. The molecule has 0 aliphatic carbocycles. The maximum Gasteiger partial charge on any atom is 0.225 e. The summed E-state index contributed by atoms with van der Waals surface area (Å²) in [6.07, 6.45) is 0. The number of hydrogen-bond acceptors (Lipinski definition) is 4. The Balaban J connectivity index is 2.07. The van der Waals surface area contributed by atoms with E-state index in [1.165, 1.54) is 0 Å². The van der Waals surface area contributed by atoms with Gasteiger partial charge in [0.2, 0.25) is 11.8 Å². The second kappa shape index (κ2) is 7.97. The molecule has 0 bridgehead atoms. The van der Waals surface area contributed by atoms with Crippen LogP contribution in [0.5, 0.6) is 5.75 Å². The zero-order valence-electron chi connectivity index (χ0n) is 14.0. The molecule has 1 heterocycles. The quantitative estimate of drug-likeness (QED) is 0.888. The molecule has 2 amide bonds. The third-order valence-electron chi connectivity index (χ3n) is 4.23. The highest BCUT2D eigenvalue weighted by atomic mass is 16.5. The molecule has 0 spiro atoms. The van der Waals surface area contributed by atoms with E-state index in [1.807, 2.05) is 24.3 Å². The van der Waals surface area contributed by atoms with E-state index < -0.39 is 0 Å². The highest BCUT2D eigenvalue weighted by Gasteiger charge is 2.28. The van der Waals surface area contributed by atoms with Gasteiger partial charge in [-0.1, -0.05) is 12.1 Å². The Morgan fingerprint density at radius 1 is 1.22 bits per heavy atom. The van der Waals surface area contributed by atoms with Crippen molar-refractivity contribution in [2.24, 2.45) is 5.92 Å². The first-order valence-electron chi connectivity index (χ1n) is 7.86. The molecule has 0 radical (unpaired) electrons. The number of benzene rings is 1. The van der Waals surface area contributed by atoms with Crippen molar-refractivity contribution in [3.63, 3.8) is 0 Å². The summed E-state index contributed by atoms with van der Waals surface area (Å²) in [5, 5.41) is 2.70. The third kappa shape index (κ3) is 4.69. The number of rotatable bonds is 4. The minimum absolute atomic E-state index is 0.0159. The number of nitrogens with one attached hydrogen (secondary N) is 1. The van der Waals surface area contributed by atoms with Crippen molar-refractivity contribution in [3.05, 3.63) is 29.8 Å². The predicted octanol–water partition coefficient (Wildman–Crippen LogP) is 0.721. The maximum absolute atomic E-state index is 12.1. The van der Waals surface area contributed by atoms with Crippen LogP contribution < -0.4 is 10.1 Å². The number of ether oxygens (including phenoxy) is 1. The standard InChI is InChI=1S/C17H25N3O3/c1-13(21)20-9-8-19(11-15(12-20)17(22)18-2)10-14-4-6-16(23-3)7-5-14/h4-7,15H,8-12H2,1-3H3,(H,18,22)/t15-/m0/s1. The van der Waals surface area contributed by atoms with E-state index in [0.717, 1.165) is 24.4 Å². The van der Waals surface area contributed by atoms with E-state index in [0.29, 0.717) is 19.6 Å². The van der Waals surface area contributed by atoms with Gasteiger partial charge >= 0.3 is 0 Å². The number of nitrogens with zero attached hydrogens (tertiary/aromatic N) is 2. The highest BCUT2D eigenvalue weighted by molar-refractivity contribution is 5.80. The summed E-state index contributed by atoms with van der Waals surface area (Å²) in [5.74, 6) is 0.628. The zero-order chi connectivity index (χ0) is 16.8. The lowest BCUT2D eigenvalue weighted by molar-refractivity contribution is -0.130. The van der Waals surface area contributed by atoms with Crippen LogP contribution in [-0.4, -0.2) is 62.0 Å².